The van der Waals surface area contributed by atoms with Gasteiger partial charge in [0.05, 0.1) is 16.4 Å². The molecule has 0 bridgehead atoms. The van der Waals surface area contributed by atoms with Gasteiger partial charge in [-0.05, 0) is 34.0 Å². The lowest BCUT2D eigenvalue weighted by Gasteiger charge is -2.12. The number of nitro benzene ring substituents is 1. The van der Waals surface area contributed by atoms with Crippen molar-refractivity contribution in [2.75, 3.05) is 11.1 Å². The number of benzene rings is 2. The van der Waals surface area contributed by atoms with Crippen LogP contribution in [0.1, 0.15) is 25.3 Å². The fourth-order valence-electron chi connectivity index (χ4n) is 2.64. The lowest BCUT2D eigenvalue weighted by atomic mass is 10.0. The van der Waals surface area contributed by atoms with Gasteiger partial charge >= 0.3 is 0 Å². The van der Waals surface area contributed by atoms with Crippen LogP contribution in [0.4, 0.5) is 11.4 Å². The third kappa shape index (κ3) is 4.34. The molecule has 0 fully saturated rings. The third-order valence-electron chi connectivity index (χ3n) is 3.94. The number of nitro groups is 1. The van der Waals surface area contributed by atoms with Crippen LogP contribution in [-0.4, -0.2) is 36.8 Å². The van der Waals surface area contributed by atoms with Gasteiger partial charge in [-0.3, -0.25) is 14.9 Å². The lowest BCUT2D eigenvalue weighted by Crippen LogP contribution is -2.15. The predicted octanol–water partition coefficient (Wildman–Crippen LogP) is 3.42. The summed E-state index contributed by atoms with van der Waals surface area (Å²) in [7, 11) is 0. The van der Waals surface area contributed by atoms with Crippen LogP contribution in [0.2, 0.25) is 0 Å². The van der Waals surface area contributed by atoms with E-state index in [-0.39, 0.29) is 29.0 Å². The maximum atomic E-state index is 12.3. The molecule has 10 heteroatoms. The van der Waals surface area contributed by atoms with Crippen LogP contribution in [-0.2, 0) is 4.79 Å². The number of hydrogen-bond acceptors (Lipinski definition) is 7. The fraction of sp³-hybridized carbons (Fsp3) is 0.222. The molecule has 144 valence electrons. The van der Waals surface area contributed by atoms with E-state index < -0.39 is 4.92 Å². The summed E-state index contributed by atoms with van der Waals surface area (Å²) in [5.41, 5.74) is 1.93. The topological polar surface area (TPSA) is 116 Å². The first-order chi connectivity index (χ1) is 13.5. The van der Waals surface area contributed by atoms with Gasteiger partial charge in [0.15, 0.2) is 0 Å². The number of rotatable bonds is 7. The van der Waals surface area contributed by atoms with E-state index in [0.29, 0.717) is 5.16 Å². The van der Waals surface area contributed by atoms with Gasteiger partial charge < -0.3 is 5.32 Å². The number of tetrazole rings is 1. The summed E-state index contributed by atoms with van der Waals surface area (Å²) in [5, 5.41) is 25.8. The van der Waals surface area contributed by atoms with Crippen LogP contribution in [0.15, 0.2) is 53.7 Å². The van der Waals surface area contributed by atoms with Crippen molar-refractivity contribution in [2.24, 2.45) is 0 Å². The predicted molar refractivity (Wildman–Crippen MR) is 106 cm³/mol. The molecule has 2 aromatic carbocycles. The molecule has 0 aliphatic carbocycles. The van der Waals surface area contributed by atoms with Gasteiger partial charge in [-0.15, -0.1) is 5.10 Å². The molecule has 0 saturated heterocycles. The fourth-order valence-corrected chi connectivity index (χ4v) is 3.33. The Labute approximate surface area is 165 Å². The Bertz CT molecular complexity index is 1000. The molecule has 0 atom stereocenters. The number of nitrogens with zero attached hydrogens (tertiary/aromatic N) is 5. The minimum absolute atomic E-state index is 0.0102. The van der Waals surface area contributed by atoms with Gasteiger partial charge in [0.2, 0.25) is 11.1 Å². The number of thioether (sulfide) groups is 1. The standard InChI is InChI=1S/C18H18N6O3S/c1-12(2)13-7-3-5-9-15(13)23-18(20-21-22-23)28-11-17(25)19-14-8-4-6-10-16(14)24(26)27/h3-10,12H,11H2,1-2H3,(H,19,25). The van der Waals surface area contributed by atoms with E-state index in [2.05, 4.69) is 34.7 Å². The third-order valence-corrected chi connectivity index (χ3v) is 4.85. The Balaban J connectivity index is 1.73. The second kappa shape index (κ2) is 8.61. The zero-order chi connectivity index (χ0) is 20.1. The van der Waals surface area contributed by atoms with Crippen molar-refractivity contribution in [2.45, 2.75) is 24.9 Å². The average Bonchev–Trinajstić information content (AvgIpc) is 3.15. The molecule has 0 unspecified atom stereocenters. The monoisotopic (exact) mass is 398 g/mol. The number of hydrogen-bond donors (Lipinski definition) is 1. The number of carbonyl (C=O) groups is 1. The highest BCUT2D eigenvalue weighted by Gasteiger charge is 2.18. The largest absolute Gasteiger partial charge is 0.320 e. The average molecular weight is 398 g/mol. The molecule has 3 aromatic rings. The van der Waals surface area contributed by atoms with Gasteiger partial charge in [0, 0.05) is 6.07 Å². The van der Waals surface area contributed by atoms with Gasteiger partial charge in [0.1, 0.15) is 5.69 Å². The quantitative estimate of drug-likeness (QED) is 0.368. The molecule has 28 heavy (non-hydrogen) atoms. The first-order valence-electron chi connectivity index (χ1n) is 8.51. The number of aromatic nitrogens is 4. The molecule has 1 aromatic heterocycles. The maximum absolute atomic E-state index is 12.3. The normalized spacial score (nSPS) is 10.8. The Morgan fingerprint density at radius 3 is 2.68 bits per heavy atom. The van der Waals surface area contributed by atoms with E-state index in [1.54, 1.807) is 16.8 Å². The highest BCUT2D eigenvalue weighted by molar-refractivity contribution is 7.99. The first kappa shape index (κ1) is 19.5. The minimum Gasteiger partial charge on any atom is -0.320 e. The summed E-state index contributed by atoms with van der Waals surface area (Å²) in [5.74, 6) is -0.0952. The van der Waals surface area contributed by atoms with E-state index in [4.69, 9.17) is 0 Å². The molecule has 1 N–H and O–H groups in total. The van der Waals surface area contributed by atoms with Crippen molar-refractivity contribution in [1.29, 1.82) is 0 Å². The van der Waals surface area contributed by atoms with E-state index >= 15 is 0 Å². The summed E-state index contributed by atoms with van der Waals surface area (Å²) in [6.07, 6.45) is 0. The lowest BCUT2D eigenvalue weighted by molar-refractivity contribution is -0.383. The van der Waals surface area contributed by atoms with Crippen molar-refractivity contribution >= 4 is 29.0 Å². The van der Waals surface area contributed by atoms with E-state index in [9.17, 15) is 14.9 Å². The molecular weight excluding hydrogens is 380 g/mol. The Morgan fingerprint density at radius 1 is 1.21 bits per heavy atom. The minimum atomic E-state index is -0.536. The SMILES string of the molecule is CC(C)c1ccccc1-n1nnnc1SCC(=O)Nc1ccccc1[N+](=O)[O-]. The van der Waals surface area contributed by atoms with Gasteiger partial charge in [0.25, 0.3) is 5.69 Å². The van der Waals surface area contributed by atoms with Crippen LogP contribution < -0.4 is 5.32 Å². The summed E-state index contributed by atoms with van der Waals surface area (Å²) in [6.45, 7) is 4.16. The summed E-state index contributed by atoms with van der Waals surface area (Å²) in [6, 6.07) is 13.8. The molecule has 3 rings (SSSR count). The molecular formula is C18H18N6O3S. The molecule has 0 aliphatic rings. The van der Waals surface area contributed by atoms with E-state index in [0.717, 1.165) is 23.0 Å². The highest BCUT2D eigenvalue weighted by Crippen LogP contribution is 2.26. The first-order valence-corrected chi connectivity index (χ1v) is 9.49. The summed E-state index contributed by atoms with van der Waals surface area (Å²) in [4.78, 5) is 22.8. The molecule has 0 radical (unpaired) electrons. The summed E-state index contributed by atoms with van der Waals surface area (Å²) >= 11 is 1.16. The van der Waals surface area contributed by atoms with Crippen LogP contribution >= 0.6 is 11.8 Å². The zero-order valence-electron chi connectivity index (χ0n) is 15.3. The second-order valence-electron chi connectivity index (χ2n) is 6.20. The smallest absolute Gasteiger partial charge is 0.292 e. The van der Waals surface area contributed by atoms with Crippen LogP contribution in [0, 0.1) is 10.1 Å². The van der Waals surface area contributed by atoms with Gasteiger partial charge in [-0.2, -0.15) is 4.68 Å². The van der Waals surface area contributed by atoms with E-state index in [1.807, 2.05) is 24.3 Å². The van der Waals surface area contributed by atoms with Crippen molar-refractivity contribution in [3.63, 3.8) is 0 Å². The highest BCUT2D eigenvalue weighted by atomic mass is 32.2. The molecule has 0 aliphatic heterocycles. The molecule has 9 nitrogen and oxygen atoms in total. The molecule has 0 saturated carbocycles. The van der Waals surface area contributed by atoms with Crippen LogP contribution in [0.5, 0.6) is 0 Å². The zero-order valence-corrected chi connectivity index (χ0v) is 16.1. The van der Waals surface area contributed by atoms with E-state index in [1.165, 1.54) is 12.1 Å². The summed E-state index contributed by atoms with van der Waals surface area (Å²) < 4.78 is 1.60. The Kier molecular flexibility index (Phi) is 5.99. The molecule has 0 spiro atoms. The number of anilines is 1. The van der Waals surface area contributed by atoms with Crippen molar-refractivity contribution in [1.82, 2.24) is 20.2 Å². The number of amides is 1. The Morgan fingerprint density at radius 2 is 1.93 bits per heavy atom. The van der Waals surface area contributed by atoms with Crippen LogP contribution in [0.3, 0.4) is 0 Å². The van der Waals surface area contributed by atoms with Crippen molar-refractivity contribution in [3.8, 4) is 5.69 Å². The van der Waals surface area contributed by atoms with Gasteiger partial charge in [-0.25, -0.2) is 0 Å². The van der Waals surface area contributed by atoms with Gasteiger partial charge in [-0.1, -0.05) is 55.9 Å². The molecule has 1 amide bonds. The maximum Gasteiger partial charge on any atom is 0.292 e. The Hall–Kier alpha value is -3.27. The van der Waals surface area contributed by atoms with Crippen LogP contribution in [0.25, 0.3) is 5.69 Å². The number of nitrogens with one attached hydrogen (secondary N) is 1. The number of carbonyl (C=O) groups excluding carboxylic acids is 1. The molecule has 1 heterocycles. The van der Waals surface area contributed by atoms with Crippen molar-refractivity contribution < 1.29 is 9.72 Å². The van der Waals surface area contributed by atoms with Crippen molar-refractivity contribution in [3.05, 3.63) is 64.2 Å². The number of para-hydroxylation sites is 3. The second-order valence-corrected chi connectivity index (χ2v) is 7.14.